The first-order valence-electron chi connectivity index (χ1n) is 10.5. The van der Waals surface area contributed by atoms with Crippen molar-refractivity contribution in [2.75, 3.05) is 18.4 Å². The van der Waals surface area contributed by atoms with Gasteiger partial charge in [-0.1, -0.05) is 13.0 Å². The summed E-state index contributed by atoms with van der Waals surface area (Å²) in [5, 5.41) is 9.90. The molecule has 5 heterocycles. The van der Waals surface area contributed by atoms with Gasteiger partial charge in [0.25, 0.3) is 5.56 Å². The van der Waals surface area contributed by atoms with Crippen molar-refractivity contribution in [1.29, 1.82) is 0 Å². The lowest BCUT2D eigenvalue weighted by atomic mass is 10.0. The molecule has 1 aliphatic heterocycles. The van der Waals surface area contributed by atoms with Crippen LogP contribution in [-0.2, 0) is 17.9 Å². The molecular formula is C22H23N5O2S3. The van der Waals surface area contributed by atoms with Gasteiger partial charge >= 0.3 is 0 Å². The number of carbonyl (C=O) groups excluding carboxylic acids is 1. The molecule has 1 fully saturated rings. The first-order chi connectivity index (χ1) is 15.6. The SMILES string of the molecule is CC1CCCN(Cc2csc(NC(=O)Cn3cnc4scc(-c5cccs5)c4c3=O)n2)C1. The third kappa shape index (κ3) is 4.54. The molecular weight excluding hydrogens is 462 g/mol. The number of likely N-dealkylation sites (tertiary alicyclic amines) is 1. The molecule has 1 saturated heterocycles. The molecule has 0 aliphatic carbocycles. The third-order valence-corrected chi connectivity index (χ3v) is 8.18. The van der Waals surface area contributed by atoms with Crippen LogP contribution >= 0.6 is 34.0 Å². The van der Waals surface area contributed by atoms with E-state index in [1.54, 1.807) is 11.3 Å². The number of hydrogen-bond donors (Lipinski definition) is 1. The Morgan fingerprint density at radius 1 is 1.28 bits per heavy atom. The number of thiazole rings is 1. The average molecular weight is 486 g/mol. The first-order valence-corrected chi connectivity index (χ1v) is 13.2. The Balaban J connectivity index is 1.27. The number of nitrogens with zero attached hydrogens (tertiary/aromatic N) is 4. The van der Waals surface area contributed by atoms with Crippen LogP contribution < -0.4 is 10.9 Å². The Labute approximate surface area is 197 Å². The molecule has 4 aromatic rings. The summed E-state index contributed by atoms with van der Waals surface area (Å²) < 4.78 is 1.37. The Hall–Kier alpha value is -2.40. The number of hydrogen-bond acceptors (Lipinski definition) is 8. The molecule has 1 unspecified atom stereocenters. The van der Waals surface area contributed by atoms with Gasteiger partial charge in [-0.25, -0.2) is 9.97 Å². The van der Waals surface area contributed by atoms with Crippen LogP contribution in [0, 0.1) is 5.92 Å². The molecule has 1 atom stereocenters. The summed E-state index contributed by atoms with van der Waals surface area (Å²) in [5.74, 6) is 0.433. The van der Waals surface area contributed by atoms with Crippen molar-refractivity contribution in [1.82, 2.24) is 19.4 Å². The summed E-state index contributed by atoms with van der Waals surface area (Å²) in [6, 6.07) is 3.94. The molecule has 0 spiro atoms. The molecule has 7 nitrogen and oxygen atoms in total. The smallest absolute Gasteiger partial charge is 0.263 e. The van der Waals surface area contributed by atoms with Gasteiger partial charge < -0.3 is 5.32 Å². The number of thiophene rings is 2. The average Bonchev–Trinajstić information content (AvgIpc) is 3.51. The highest BCUT2D eigenvalue weighted by molar-refractivity contribution is 7.18. The molecule has 32 heavy (non-hydrogen) atoms. The lowest BCUT2D eigenvalue weighted by molar-refractivity contribution is -0.116. The summed E-state index contributed by atoms with van der Waals surface area (Å²) in [7, 11) is 0. The second-order valence-electron chi connectivity index (χ2n) is 8.16. The summed E-state index contributed by atoms with van der Waals surface area (Å²) >= 11 is 4.44. The maximum Gasteiger partial charge on any atom is 0.263 e. The quantitative estimate of drug-likeness (QED) is 0.435. The number of aromatic nitrogens is 3. The van der Waals surface area contributed by atoms with E-state index in [0.717, 1.165) is 41.7 Å². The van der Waals surface area contributed by atoms with Gasteiger partial charge in [0.05, 0.1) is 17.4 Å². The van der Waals surface area contributed by atoms with Crippen LogP contribution in [-0.4, -0.2) is 38.4 Å². The van der Waals surface area contributed by atoms with Gasteiger partial charge in [-0.15, -0.1) is 34.0 Å². The first kappa shape index (κ1) is 21.4. The fraction of sp³-hybridized carbons (Fsp3) is 0.364. The summed E-state index contributed by atoms with van der Waals surface area (Å²) in [4.78, 5) is 38.8. The van der Waals surface area contributed by atoms with Gasteiger partial charge in [0.15, 0.2) is 5.13 Å². The van der Waals surface area contributed by atoms with E-state index in [1.165, 1.54) is 46.4 Å². The van der Waals surface area contributed by atoms with Gasteiger partial charge in [-0.05, 0) is 36.8 Å². The highest BCUT2D eigenvalue weighted by atomic mass is 32.1. The molecule has 1 amide bonds. The molecule has 1 N–H and O–H groups in total. The number of nitrogens with one attached hydrogen (secondary N) is 1. The van der Waals surface area contributed by atoms with E-state index < -0.39 is 0 Å². The van der Waals surface area contributed by atoms with Gasteiger partial charge in [-0.2, -0.15) is 0 Å². The fourth-order valence-electron chi connectivity index (χ4n) is 4.10. The topological polar surface area (TPSA) is 80.1 Å². The minimum absolute atomic E-state index is 0.0972. The molecule has 10 heteroatoms. The Bertz CT molecular complexity index is 1290. The van der Waals surface area contributed by atoms with Crippen LogP contribution in [0.15, 0.2) is 39.4 Å². The van der Waals surface area contributed by atoms with Crippen LogP contribution in [0.4, 0.5) is 5.13 Å². The molecule has 0 radical (unpaired) electrons. The molecule has 0 saturated carbocycles. The van der Waals surface area contributed by atoms with Gasteiger partial charge in [0, 0.05) is 34.3 Å². The van der Waals surface area contributed by atoms with Crippen molar-refractivity contribution in [2.24, 2.45) is 5.92 Å². The number of carbonyl (C=O) groups is 1. The zero-order valence-electron chi connectivity index (χ0n) is 17.6. The van der Waals surface area contributed by atoms with Crippen LogP contribution in [0.2, 0.25) is 0 Å². The van der Waals surface area contributed by atoms with E-state index in [-0.39, 0.29) is 18.0 Å². The monoisotopic (exact) mass is 485 g/mol. The van der Waals surface area contributed by atoms with Crippen molar-refractivity contribution in [3.05, 3.63) is 50.6 Å². The maximum absolute atomic E-state index is 13.1. The van der Waals surface area contributed by atoms with E-state index in [0.29, 0.717) is 15.3 Å². The number of anilines is 1. The summed E-state index contributed by atoms with van der Waals surface area (Å²) in [6.45, 7) is 5.18. The van der Waals surface area contributed by atoms with Crippen LogP contribution in [0.25, 0.3) is 20.7 Å². The molecule has 0 bridgehead atoms. The van der Waals surface area contributed by atoms with Crippen LogP contribution in [0.1, 0.15) is 25.5 Å². The number of piperidine rings is 1. The Morgan fingerprint density at radius 3 is 3.00 bits per heavy atom. The van der Waals surface area contributed by atoms with Gasteiger partial charge in [-0.3, -0.25) is 19.1 Å². The van der Waals surface area contributed by atoms with E-state index >= 15 is 0 Å². The predicted octanol–water partition coefficient (Wildman–Crippen LogP) is 4.51. The molecule has 1 aliphatic rings. The highest BCUT2D eigenvalue weighted by Crippen LogP contribution is 2.33. The summed E-state index contributed by atoms with van der Waals surface area (Å²) in [6.07, 6.45) is 3.96. The molecule has 4 aromatic heterocycles. The van der Waals surface area contributed by atoms with Crippen LogP contribution in [0.5, 0.6) is 0 Å². The van der Waals surface area contributed by atoms with Gasteiger partial charge in [0.2, 0.25) is 5.91 Å². The van der Waals surface area contributed by atoms with Crippen molar-refractivity contribution < 1.29 is 4.79 Å². The molecule has 0 aromatic carbocycles. The zero-order valence-corrected chi connectivity index (χ0v) is 20.1. The minimum Gasteiger partial charge on any atom is -0.300 e. The lowest BCUT2D eigenvalue weighted by Gasteiger charge is -2.30. The van der Waals surface area contributed by atoms with E-state index in [2.05, 4.69) is 27.1 Å². The fourth-order valence-corrected chi connectivity index (χ4v) is 6.54. The highest BCUT2D eigenvalue weighted by Gasteiger charge is 2.18. The predicted molar refractivity (Wildman–Crippen MR) is 132 cm³/mol. The third-order valence-electron chi connectivity index (χ3n) is 5.59. The van der Waals surface area contributed by atoms with Crippen molar-refractivity contribution >= 4 is 55.3 Å². The molecule has 5 rings (SSSR count). The van der Waals surface area contributed by atoms with E-state index in [4.69, 9.17) is 0 Å². The van der Waals surface area contributed by atoms with E-state index in [1.807, 2.05) is 28.3 Å². The van der Waals surface area contributed by atoms with E-state index in [9.17, 15) is 9.59 Å². The second kappa shape index (κ2) is 9.22. The number of rotatable bonds is 6. The van der Waals surface area contributed by atoms with Gasteiger partial charge in [0.1, 0.15) is 11.4 Å². The van der Waals surface area contributed by atoms with Crippen LogP contribution in [0.3, 0.4) is 0 Å². The number of amides is 1. The molecule has 166 valence electrons. The normalized spacial score (nSPS) is 17.1. The van der Waals surface area contributed by atoms with Crippen molar-refractivity contribution in [3.8, 4) is 10.4 Å². The largest absolute Gasteiger partial charge is 0.300 e. The minimum atomic E-state index is -0.284. The second-order valence-corrected chi connectivity index (χ2v) is 10.8. The maximum atomic E-state index is 13.1. The summed E-state index contributed by atoms with van der Waals surface area (Å²) in [5.41, 5.74) is 1.65. The Morgan fingerprint density at radius 2 is 2.19 bits per heavy atom. The van der Waals surface area contributed by atoms with Crippen molar-refractivity contribution in [3.63, 3.8) is 0 Å². The lowest BCUT2D eigenvalue weighted by Crippen LogP contribution is -2.33. The zero-order chi connectivity index (χ0) is 22.1. The Kier molecular flexibility index (Phi) is 6.18. The standard InChI is InChI=1S/C22H23N5O2S3/c1-14-4-2-6-26(8-14)9-15-11-32-22(24-15)25-18(28)10-27-13-23-20-19(21(27)29)16(12-31-20)17-5-3-7-30-17/h3,5,7,11-14H,2,4,6,8-10H2,1H3,(H,24,25,28). The number of fused-ring (bicyclic) bond motifs is 1. The van der Waals surface area contributed by atoms with Crippen molar-refractivity contribution in [2.45, 2.75) is 32.9 Å².